The van der Waals surface area contributed by atoms with Crippen LogP contribution in [0.3, 0.4) is 0 Å². The van der Waals surface area contributed by atoms with Crippen molar-refractivity contribution in [3.8, 4) is 16.9 Å². The number of hydrogen-bond donors (Lipinski definition) is 0. The molecule has 1 nitrogen and oxygen atoms in total. The summed E-state index contributed by atoms with van der Waals surface area (Å²) >= 11 is 1.60. The van der Waals surface area contributed by atoms with E-state index in [1.807, 2.05) is 18.4 Å². The standard InChI is InChI=1S/C14H12F2OS/c1-17-14-8-12(15)11(7-13(14)16)9-3-5-10(18-2)6-4-9/h3-8H,1-2H3. The summed E-state index contributed by atoms with van der Waals surface area (Å²) in [5.41, 5.74) is 0.882. The first-order valence-corrected chi connectivity index (χ1v) is 6.55. The Morgan fingerprint density at radius 3 is 2.22 bits per heavy atom. The largest absolute Gasteiger partial charge is 0.494 e. The summed E-state index contributed by atoms with van der Waals surface area (Å²) in [5, 5.41) is 0. The highest BCUT2D eigenvalue weighted by molar-refractivity contribution is 7.98. The minimum absolute atomic E-state index is 0.0861. The zero-order chi connectivity index (χ0) is 13.1. The van der Waals surface area contributed by atoms with E-state index in [0.29, 0.717) is 5.56 Å². The Morgan fingerprint density at radius 2 is 1.67 bits per heavy atom. The topological polar surface area (TPSA) is 9.23 Å². The van der Waals surface area contributed by atoms with E-state index >= 15 is 0 Å². The molecule has 0 aliphatic carbocycles. The molecule has 0 unspecified atom stereocenters. The van der Waals surface area contributed by atoms with Crippen molar-refractivity contribution in [1.29, 1.82) is 0 Å². The molecular weight excluding hydrogens is 254 g/mol. The maximum atomic E-state index is 13.8. The molecule has 0 aliphatic heterocycles. The summed E-state index contributed by atoms with van der Waals surface area (Å²) in [6.07, 6.45) is 1.96. The Bertz CT molecular complexity index is 552. The minimum atomic E-state index is -0.567. The van der Waals surface area contributed by atoms with Crippen LogP contribution < -0.4 is 4.74 Å². The lowest BCUT2D eigenvalue weighted by Gasteiger charge is -2.08. The maximum Gasteiger partial charge on any atom is 0.165 e. The van der Waals surface area contributed by atoms with Crippen molar-refractivity contribution >= 4 is 11.8 Å². The normalized spacial score (nSPS) is 10.4. The van der Waals surface area contributed by atoms with Gasteiger partial charge in [0, 0.05) is 16.5 Å². The summed E-state index contributed by atoms with van der Waals surface area (Å²) < 4.78 is 32.1. The average Bonchev–Trinajstić information content (AvgIpc) is 2.41. The van der Waals surface area contributed by atoms with Crippen LogP contribution in [0.25, 0.3) is 11.1 Å². The van der Waals surface area contributed by atoms with Crippen LogP contribution in [0.1, 0.15) is 0 Å². The molecule has 18 heavy (non-hydrogen) atoms. The van der Waals surface area contributed by atoms with Crippen LogP contribution in [-0.4, -0.2) is 13.4 Å². The van der Waals surface area contributed by atoms with Crippen molar-refractivity contribution in [3.63, 3.8) is 0 Å². The van der Waals surface area contributed by atoms with E-state index in [1.54, 1.807) is 23.9 Å². The molecule has 0 saturated carbocycles. The van der Waals surface area contributed by atoms with Gasteiger partial charge >= 0.3 is 0 Å². The summed E-state index contributed by atoms with van der Waals surface area (Å²) in [7, 11) is 1.31. The van der Waals surface area contributed by atoms with Gasteiger partial charge < -0.3 is 4.74 Å². The quantitative estimate of drug-likeness (QED) is 0.763. The van der Waals surface area contributed by atoms with Crippen LogP contribution in [-0.2, 0) is 0 Å². The number of ether oxygens (including phenoxy) is 1. The third kappa shape index (κ3) is 2.48. The Kier molecular flexibility index (Phi) is 3.87. The van der Waals surface area contributed by atoms with Crippen LogP contribution in [0, 0.1) is 11.6 Å². The smallest absolute Gasteiger partial charge is 0.165 e. The van der Waals surface area contributed by atoms with E-state index in [9.17, 15) is 8.78 Å². The molecular formula is C14H12F2OS. The second kappa shape index (κ2) is 5.40. The highest BCUT2D eigenvalue weighted by atomic mass is 32.2. The number of hydrogen-bond acceptors (Lipinski definition) is 2. The van der Waals surface area contributed by atoms with Gasteiger partial charge in [-0.25, -0.2) is 8.78 Å². The monoisotopic (exact) mass is 266 g/mol. The third-order valence-electron chi connectivity index (χ3n) is 2.64. The van der Waals surface area contributed by atoms with Crippen molar-refractivity contribution in [1.82, 2.24) is 0 Å². The molecule has 4 heteroatoms. The number of halogens is 2. The van der Waals surface area contributed by atoms with Crippen LogP contribution in [0.2, 0.25) is 0 Å². The van der Waals surface area contributed by atoms with E-state index in [-0.39, 0.29) is 11.3 Å². The molecule has 0 radical (unpaired) electrons. The zero-order valence-electron chi connectivity index (χ0n) is 10.0. The molecule has 0 amide bonds. The highest BCUT2D eigenvalue weighted by Gasteiger charge is 2.11. The van der Waals surface area contributed by atoms with Gasteiger partial charge in [-0.1, -0.05) is 12.1 Å². The molecule has 0 bridgehead atoms. The Morgan fingerprint density at radius 1 is 1.00 bits per heavy atom. The van der Waals surface area contributed by atoms with Gasteiger partial charge in [0.2, 0.25) is 0 Å². The Labute approximate surface area is 109 Å². The summed E-state index contributed by atoms with van der Waals surface area (Å²) in [5.74, 6) is -1.15. The van der Waals surface area contributed by atoms with Crippen molar-refractivity contribution in [2.45, 2.75) is 4.90 Å². The lowest BCUT2D eigenvalue weighted by Crippen LogP contribution is -1.92. The predicted molar refractivity (Wildman–Crippen MR) is 70.1 cm³/mol. The van der Waals surface area contributed by atoms with Gasteiger partial charge in [0.1, 0.15) is 5.82 Å². The van der Waals surface area contributed by atoms with Gasteiger partial charge in [-0.2, -0.15) is 0 Å². The van der Waals surface area contributed by atoms with Gasteiger partial charge in [0.05, 0.1) is 7.11 Å². The summed E-state index contributed by atoms with van der Waals surface area (Å²) in [6, 6.07) is 9.52. The lowest BCUT2D eigenvalue weighted by molar-refractivity contribution is 0.383. The van der Waals surface area contributed by atoms with Crippen molar-refractivity contribution < 1.29 is 13.5 Å². The van der Waals surface area contributed by atoms with Crippen molar-refractivity contribution in [2.75, 3.05) is 13.4 Å². The molecule has 0 fully saturated rings. The number of rotatable bonds is 3. The molecule has 0 aromatic heterocycles. The SMILES string of the molecule is COc1cc(F)c(-c2ccc(SC)cc2)cc1F. The molecule has 0 atom stereocenters. The zero-order valence-corrected chi connectivity index (χ0v) is 10.9. The van der Waals surface area contributed by atoms with Crippen LogP contribution in [0.5, 0.6) is 5.75 Å². The third-order valence-corrected chi connectivity index (χ3v) is 3.39. The Hall–Kier alpha value is -1.55. The maximum absolute atomic E-state index is 13.8. The second-order valence-corrected chi connectivity index (χ2v) is 4.57. The molecule has 2 aromatic carbocycles. The van der Waals surface area contributed by atoms with Crippen LogP contribution >= 0.6 is 11.8 Å². The van der Waals surface area contributed by atoms with E-state index in [1.165, 1.54) is 7.11 Å². The van der Waals surface area contributed by atoms with Gasteiger partial charge in [0.15, 0.2) is 11.6 Å². The number of thioether (sulfide) groups is 1. The molecule has 0 N–H and O–H groups in total. The fourth-order valence-electron chi connectivity index (χ4n) is 1.68. The molecule has 0 heterocycles. The Balaban J connectivity index is 2.46. The van der Waals surface area contributed by atoms with Crippen LogP contribution in [0.15, 0.2) is 41.3 Å². The fraction of sp³-hybridized carbons (Fsp3) is 0.143. The average molecular weight is 266 g/mol. The van der Waals surface area contributed by atoms with Crippen LogP contribution in [0.4, 0.5) is 8.78 Å². The van der Waals surface area contributed by atoms with Crippen molar-refractivity contribution in [2.24, 2.45) is 0 Å². The van der Waals surface area contributed by atoms with E-state index in [4.69, 9.17) is 4.74 Å². The van der Waals surface area contributed by atoms with E-state index in [0.717, 1.165) is 17.0 Å². The van der Waals surface area contributed by atoms with Gasteiger partial charge in [0.25, 0.3) is 0 Å². The molecule has 0 aliphatic rings. The van der Waals surface area contributed by atoms with Gasteiger partial charge in [-0.3, -0.25) is 0 Å². The fourth-order valence-corrected chi connectivity index (χ4v) is 2.09. The summed E-state index contributed by atoms with van der Waals surface area (Å²) in [6.45, 7) is 0. The van der Waals surface area contributed by atoms with E-state index < -0.39 is 11.6 Å². The highest BCUT2D eigenvalue weighted by Crippen LogP contribution is 2.29. The molecule has 2 rings (SSSR count). The number of benzene rings is 2. The van der Waals surface area contributed by atoms with Gasteiger partial charge in [-0.05, 0) is 30.0 Å². The molecule has 2 aromatic rings. The first-order valence-electron chi connectivity index (χ1n) is 5.33. The first-order chi connectivity index (χ1) is 8.65. The molecule has 94 valence electrons. The lowest BCUT2D eigenvalue weighted by atomic mass is 10.0. The molecule has 0 spiro atoms. The van der Waals surface area contributed by atoms with E-state index in [2.05, 4.69) is 0 Å². The van der Waals surface area contributed by atoms with Crippen molar-refractivity contribution in [3.05, 3.63) is 48.0 Å². The summed E-state index contributed by atoms with van der Waals surface area (Å²) in [4.78, 5) is 1.08. The molecule has 0 saturated heterocycles. The number of methoxy groups -OCH3 is 1. The van der Waals surface area contributed by atoms with Gasteiger partial charge in [-0.15, -0.1) is 11.8 Å². The first kappa shape index (κ1) is 12.9. The second-order valence-electron chi connectivity index (χ2n) is 3.70. The predicted octanol–water partition coefficient (Wildman–Crippen LogP) is 4.36. The minimum Gasteiger partial charge on any atom is -0.494 e.